The Morgan fingerprint density at radius 1 is 1.32 bits per heavy atom. The molecule has 2 aromatic rings. The van der Waals surface area contributed by atoms with Crippen molar-refractivity contribution in [2.45, 2.75) is 31.7 Å². The predicted octanol–water partition coefficient (Wildman–Crippen LogP) is 2.61. The first-order chi connectivity index (χ1) is 11.7. The van der Waals surface area contributed by atoms with Crippen LogP contribution < -0.4 is 10.0 Å². The number of rotatable bonds is 3. The summed E-state index contributed by atoms with van der Waals surface area (Å²) in [6, 6.07) is 9.32. The van der Waals surface area contributed by atoms with E-state index in [0.717, 1.165) is 29.5 Å². The van der Waals surface area contributed by atoms with Crippen molar-refractivity contribution in [2.24, 2.45) is 0 Å². The molecule has 7 heteroatoms. The summed E-state index contributed by atoms with van der Waals surface area (Å²) in [5, 5.41) is 3.49. The van der Waals surface area contributed by atoms with E-state index in [1.807, 2.05) is 29.1 Å². The van der Waals surface area contributed by atoms with E-state index >= 15 is 0 Å². The highest BCUT2D eigenvalue weighted by atomic mass is 32.2. The van der Waals surface area contributed by atoms with E-state index in [1.165, 1.54) is 0 Å². The molecule has 2 heterocycles. The molecule has 1 aromatic carbocycles. The average molecular weight is 359 g/mol. The van der Waals surface area contributed by atoms with Gasteiger partial charge >= 0.3 is 0 Å². The highest BCUT2D eigenvalue weighted by Crippen LogP contribution is 2.44. The van der Waals surface area contributed by atoms with Crippen LogP contribution in [0.5, 0.6) is 0 Å². The van der Waals surface area contributed by atoms with Gasteiger partial charge in [0.1, 0.15) is 0 Å². The van der Waals surface area contributed by atoms with Gasteiger partial charge in [-0.15, -0.1) is 0 Å². The summed E-state index contributed by atoms with van der Waals surface area (Å²) in [5.41, 5.74) is 3.21. The van der Waals surface area contributed by atoms with E-state index in [-0.39, 0.29) is 11.5 Å². The molecular formula is C18H21N3O3S. The van der Waals surface area contributed by atoms with Gasteiger partial charge < -0.3 is 5.32 Å². The van der Waals surface area contributed by atoms with Crippen molar-refractivity contribution >= 4 is 21.6 Å². The van der Waals surface area contributed by atoms with Crippen LogP contribution >= 0.6 is 0 Å². The second-order valence-corrected chi connectivity index (χ2v) is 8.78. The average Bonchev–Trinajstić information content (AvgIpc) is 2.53. The van der Waals surface area contributed by atoms with Crippen LogP contribution in [-0.4, -0.2) is 25.6 Å². The summed E-state index contributed by atoms with van der Waals surface area (Å²) < 4.78 is 24.6. The SMILES string of the molecule is CC1(C)CC(c2cccnc2)Nc2ccc(C(=O)NS(C)(=O)=O)cc21. The number of anilines is 1. The zero-order valence-electron chi connectivity index (χ0n) is 14.4. The molecule has 1 aliphatic rings. The molecule has 132 valence electrons. The first-order valence-corrected chi connectivity index (χ1v) is 9.88. The third-order valence-corrected chi connectivity index (χ3v) is 4.98. The van der Waals surface area contributed by atoms with Gasteiger partial charge in [0.2, 0.25) is 10.0 Å². The van der Waals surface area contributed by atoms with Crippen molar-refractivity contribution < 1.29 is 13.2 Å². The van der Waals surface area contributed by atoms with E-state index in [2.05, 4.69) is 24.1 Å². The highest BCUT2D eigenvalue weighted by molar-refractivity contribution is 7.89. The number of carbonyl (C=O) groups is 1. The summed E-state index contributed by atoms with van der Waals surface area (Å²) in [6.07, 6.45) is 5.40. The minimum absolute atomic E-state index is 0.131. The normalized spacial score (nSPS) is 18.8. The molecule has 25 heavy (non-hydrogen) atoms. The molecule has 3 rings (SSSR count). The van der Waals surface area contributed by atoms with Crippen LogP contribution in [0.1, 0.15) is 47.8 Å². The van der Waals surface area contributed by atoms with Crippen molar-refractivity contribution in [3.05, 3.63) is 59.4 Å². The molecule has 2 N–H and O–H groups in total. The van der Waals surface area contributed by atoms with Gasteiger partial charge in [0, 0.05) is 23.6 Å². The lowest BCUT2D eigenvalue weighted by atomic mass is 9.74. The van der Waals surface area contributed by atoms with Gasteiger partial charge in [-0.1, -0.05) is 19.9 Å². The zero-order chi connectivity index (χ0) is 18.2. The van der Waals surface area contributed by atoms with Crippen molar-refractivity contribution in [3.63, 3.8) is 0 Å². The highest BCUT2D eigenvalue weighted by Gasteiger charge is 2.34. The Labute approximate surface area is 147 Å². The number of nitrogens with one attached hydrogen (secondary N) is 2. The van der Waals surface area contributed by atoms with E-state index in [9.17, 15) is 13.2 Å². The van der Waals surface area contributed by atoms with Crippen LogP contribution in [0.4, 0.5) is 5.69 Å². The summed E-state index contributed by atoms with van der Waals surface area (Å²) in [6.45, 7) is 4.24. The van der Waals surface area contributed by atoms with E-state index in [4.69, 9.17) is 0 Å². The van der Waals surface area contributed by atoms with Crippen LogP contribution in [0.25, 0.3) is 0 Å². The fourth-order valence-electron chi connectivity index (χ4n) is 3.24. The smallest absolute Gasteiger partial charge is 0.264 e. The molecule has 0 spiro atoms. The van der Waals surface area contributed by atoms with Crippen LogP contribution in [-0.2, 0) is 15.4 Å². The lowest BCUT2D eigenvalue weighted by Crippen LogP contribution is -2.33. The Kier molecular flexibility index (Phi) is 4.28. The van der Waals surface area contributed by atoms with Gasteiger partial charge in [-0.2, -0.15) is 0 Å². The Hall–Kier alpha value is -2.41. The second kappa shape index (κ2) is 6.15. The van der Waals surface area contributed by atoms with Crippen LogP contribution in [0, 0.1) is 0 Å². The number of carbonyl (C=O) groups excluding carboxylic acids is 1. The molecule has 1 atom stereocenters. The van der Waals surface area contributed by atoms with Gasteiger partial charge in [-0.25, -0.2) is 13.1 Å². The fraction of sp³-hybridized carbons (Fsp3) is 0.333. The van der Waals surface area contributed by atoms with Crippen molar-refractivity contribution in [2.75, 3.05) is 11.6 Å². The molecule has 1 aromatic heterocycles. The molecule has 1 amide bonds. The maximum absolute atomic E-state index is 12.1. The second-order valence-electron chi connectivity index (χ2n) is 7.04. The van der Waals surface area contributed by atoms with Crippen molar-refractivity contribution in [1.29, 1.82) is 0 Å². The van der Waals surface area contributed by atoms with Gasteiger partial charge in [-0.3, -0.25) is 9.78 Å². The van der Waals surface area contributed by atoms with Gasteiger partial charge in [0.05, 0.1) is 12.3 Å². The van der Waals surface area contributed by atoms with E-state index < -0.39 is 15.9 Å². The standard InChI is InChI=1S/C18H21N3O3S/c1-18(2)10-16(13-5-4-8-19-11-13)20-15-7-6-12(9-14(15)18)17(22)21-25(3,23)24/h4-9,11,16,20H,10H2,1-3H3,(H,21,22). The molecule has 6 nitrogen and oxygen atoms in total. The molecule has 1 unspecified atom stereocenters. The Bertz CT molecular complexity index is 908. The first kappa shape index (κ1) is 17.4. The minimum atomic E-state index is -3.59. The fourth-order valence-corrected chi connectivity index (χ4v) is 3.70. The van der Waals surface area contributed by atoms with Crippen molar-refractivity contribution in [1.82, 2.24) is 9.71 Å². The molecule has 0 saturated heterocycles. The zero-order valence-corrected chi connectivity index (χ0v) is 15.2. The summed E-state index contributed by atoms with van der Waals surface area (Å²) >= 11 is 0. The topological polar surface area (TPSA) is 88.2 Å². The van der Waals surface area contributed by atoms with Crippen LogP contribution in [0.2, 0.25) is 0 Å². The quantitative estimate of drug-likeness (QED) is 0.879. The Balaban J connectivity index is 1.94. The monoisotopic (exact) mass is 359 g/mol. The van der Waals surface area contributed by atoms with Crippen LogP contribution in [0.15, 0.2) is 42.7 Å². The number of sulfonamides is 1. The van der Waals surface area contributed by atoms with Crippen LogP contribution in [0.3, 0.4) is 0 Å². The van der Waals surface area contributed by atoms with Crippen molar-refractivity contribution in [3.8, 4) is 0 Å². The Morgan fingerprint density at radius 3 is 2.72 bits per heavy atom. The number of amides is 1. The number of hydrogen-bond acceptors (Lipinski definition) is 5. The van der Waals surface area contributed by atoms with E-state index in [1.54, 1.807) is 18.3 Å². The number of benzene rings is 1. The third kappa shape index (κ3) is 3.82. The first-order valence-electron chi connectivity index (χ1n) is 7.99. The number of nitrogens with zero attached hydrogens (tertiary/aromatic N) is 1. The lowest BCUT2D eigenvalue weighted by Gasteiger charge is -2.39. The predicted molar refractivity (Wildman–Crippen MR) is 97.0 cm³/mol. The number of aromatic nitrogens is 1. The lowest BCUT2D eigenvalue weighted by molar-refractivity contribution is 0.0981. The number of fused-ring (bicyclic) bond motifs is 1. The molecule has 1 aliphatic heterocycles. The molecule has 0 radical (unpaired) electrons. The maximum Gasteiger partial charge on any atom is 0.264 e. The molecule has 0 aliphatic carbocycles. The molecule has 0 saturated carbocycles. The summed E-state index contributed by atoms with van der Waals surface area (Å²) in [4.78, 5) is 16.3. The summed E-state index contributed by atoms with van der Waals surface area (Å²) in [5.74, 6) is -0.615. The number of pyridine rings is 1. The molecule has 0 bridgehead atoms. The summed E-state index contributed by atoms with van der Waals surface area (Å²) in [7, 11) is -3.59. The van der Waals surface area contributed by atoms with Gasteiger partial charge in [0.15, 0.2) is 0 Å². The van der Waals surface area contributed by atoms with Gasteiger partial charge in [-0.05, 0) is 47.2 Å². The minimum Gasteiger partial charge on any atom is -0.378 e. The maximum atomic E-state index is 12.1. The molecular weight excluding hydrogens is 338 g/mol. The van der Waals surface area contributed by atoms with Gasteiger partial charge in [0.25, 0.3) is 5.91 Å². The third-order valence-electron chi connectivity index (χ3n) is 4.42. The Morgan fingerprint density at radius 2 is 2.08 bits per heavy atom. The largest absolute Gasteiger partial charge is 0.378 e. The number of hydrogen-bond donors (Lipinski definition) is 2. The van der Waals surface area contributed by atoms with E-state index in [0.29, 0.717) is 5.56 Å². The molecule has 0 fully saturated rings.